The Kier molecular flexibility index (Phi) is 5.93. The second-order valence-electron chi connectivity index (χ2n) is 6.30. The first kappa shape index (κ1) is 19.4. The fraction of sp³-hybridized carbons (Fsp3) is 0.286. The molecule has 2 aromatic carbocycles. The van der Waals surface area contributed by atoms with Gasteiger partial charge in [0, 0.05) is 11.1 Å². The Labute approximate surface area is 162 Å². The normalized spacial score (nSPS) is 12.9. The van der Waals surface area contributed by atoms with Gasteiger partial charge in [-0.25, -0.2) is 0 Å². The molecule has 28 heavy (non-hydrogen) atoms. The van der Waals surface area contributed by atoms with Gasteiger partial charge in [-0.3, -0.25) is 14.4 Å². The Bertz CT molecular complexity index is 890. The smallest absolute Gasteiger partial charge is 0.326 e. The molecule has 1 N–H and O–H groups in total. The summed E-state index contributed by atoms with van der Waals surface area (Å²) >= 11 is 0. The largest absolute Gasteiger partial charge is 0.454 e. The Balaban J connectivity index is 1.50. The van der Waals surface area contributed by atoms with Gasteiger partial charge in [-0.1, -0.05) is 31.2 Å². The fourth-order valence-electron chi connectivity index (χ4n) is 2.72. The summed E-state index contributed by atoms with van der Waals surface area (Å²) in [5.74, 6) is -0.401. The monoisotopic (exact) mass is 383 g/mol. The highest BCUT2D eigenvalue weighted by Gasteiger charge is 2.21. The number of nitrogens with one attached hydrogen (secondary N) is 1. The highest BCUT2D eigenvalue weighted by atomic mass is 16.7. The van der Waals surface area contributed by atoms with Gasteiger partial charge in [-0.05, 0) is 37.1 Å². The van der Waals surface area contributed by atoms with Crippen LogP contribution in [0.3, 0.4) is 0 Å². The maximum atomic E-state index is 12.4. The quantitative estimate of drug-likeness (QED) is 0.584. The van der Waals surface area contributed by atoms with Crippen LogP contribution >= 0.6 is 0 Å². The second-order valence-corrected chi connectivity index (χ2v) is 6.30. The van der Waals surface area contributed by atoms with Crippen LogP contribution in [0.15, 0.2) is 42.5 Å². The molecule has 0 spiro atoms. The van der Waals surface area contributed by atoms with Gasteiger partial charge < -0.3 is 19.5 Å². The van der Waals surface area contributed by atoms with Crippen LogP contribution in [0.25, 0.3) is 0 Å². The number of aryl methyl sites for hydroxylation is 1. The average molecular weight is 383 g/mol. The maximum Gasteiger partial charge on any atom is 0.326 e. The van der Waals surface area contributed by atoms with E-state index in [9.17, 15) is 14.4 Å². The molecule has 0 unspecified atom stereocenters. The SMILES string of the molecule is CCc1ccc(C(=O)[C@@H](C)OC(=O)CNC(=O)c2ccc3c(c2)OCO3)cc1. The number of fused-ring (bicyclic) bond motifs is 1. The van der Waals surface area contributed by atoms with E-state index in [1.54, 1.807) is 24.3 Å². The van der Waals surface area contributed by atoms with Crippen molar-refractivity contribution in [3.63, 3.8) is 0 Å². The number of ether oxygens (including phenoxy) is 3. The van der Waals surface area contributed by atoms with Crippen molar-refractivity contribution in [2.75, 3.05) is 13.3 Å². The van der Waals surface area contributed by atoms with E-state index >= 15 is 0 Å². The van der Waals surface area contributed by atoms with Crippen LogP contribution in [-0.4, -0.2) is 37.1 Å². The highest BCUT2D eigenvalue weighted by Crippen LogP contribution is 2.32. The molecule has 0 bridgehead atoms. The number of ketones is 1. The number of carbonyl (C=O) groups excluding carboxylic acids is 3. The molecule has 0 fully saturated rings. The zero-order valence-electron chi connectivity index (χ0n) is 15.7. The van der Waals surface area contributed by atoms with E-state index in [4.69, 9.17) is 14.2 Å². The minimum absolute atomic E-state index is 0.111. The lowest BCUT2D eigenvalue weighted by Gasteiger charge is -2.13. The summed E-state index contributed by atoms with van der Waals surface area (Å²) < 4.78 is 15.5. The third-order valence-corrected chi connectivity index (χ3v) is 4.35. The van der Waals surface area contributed by atoms with Crippen LogP contribution in [0.2, 0.25) is 0 Å². The molecule has 0 saturated heterocycles. The zero-order chi connectivity index (χ0) is 20.1. The summed E-state index contributed by atoms with van der Waals surface area (Å²) in [5.41, 5.74) is 1.92. The predicted octanol–water partition coefficient (Wildman–Crippen LogP) is 2.52. The molecule has 1 aliphatic heterocycles. The van der Waals surface area contributed by atoms with E-state index in [2.05, 4.69) is 5.32 Å². The van der Waals surface area contributed by atoms with Crippen molar-refractivity contribution in [2.24, 2.45) is 0 Å². The van der Waals surface area contributed by atoms with Gasteiger partial charge in [0.1, 0.15) is 6.54 Å². The summed E-state index contributed by atoms with van der Waals surface area (Å²) in [6, 6.07) is 11.9. The molecule has 2 aromatic rings. The minimum atomic E-state index is -0.942. The predicted molar refractivity (Wildman–Crippen MR) is 101 cm³/mol. The first-order valence-corrected chi connectivity index (χ1v) is 8.98. The van der Waals surface area contributed by atoms with Crippen LogP contribution in [-0.2, 0) is 16.0 Å². The summed E-state index contributed by atoms with van der Waals surface area (Å²) in [5, 5.41) is 2.47. The van der Waals surface area contributed by atoms with E-state index in [0.29, 0.717) is 22.6 Å². The number of Topliss-reactive ketones (excluding diaryl/α,β-unsaturated/α-hetero) is 1. The molecule has 146 valence electrons. The van der Waals surface area contributed by atoms with Crippen molar-refractivity contribution < 1.29 is 28.6 Å². The molecule has 0 radical (unpaired) electrons. The molecule has 1 heterocycles. The van der Waals surface area contributed by atoms with Gasteiger partial charge in [0.05, 0.1) is 0 Å². The molecule has 3 rings (SSSR count). The lowest BCUT2D eigenvalue weighted by atomic mass is 10.0. The van der Waals surface area contributed by atoms with Gasteiger partial charge in [0.25, 0.3) is 5.91 Å². The van der Waals surface area contributed by atoms with E-state index in [-0.39, 0.29) is 19.1 Å². The number of esters is 1. The number of amides is 1. The van der Waals surface area contributed by atoms with Gasteiger partial charge >= 0.3 is 5.97 Å². The van der Waals surface area contributed by atoms with Crippen molar-refractivity contribution >= 4 is 17.7 Å². The second kappa shape index (κ2) is 8.56. The Morgan fingerprint density at radius 3 is 2.43 bits per heavy atom. The number of rotatable bonds is 7. The third kappa shape index (κ3) is 4.49. The molecular weight excluding hydrogens is 362 g/mol. The highest BCUT2D eigenvalue weighted by molar-refractivity contribution is 6.00. The Morgan fingerprint density at radius 1 is 1.04 bits per heavy atom. The third-order valence-electron chi connectivity index (χ3n) is 4.35. The molecule has 7 heteroatoms. The Morgan fingerprint density at radius 2 is 1.71 bits per heavy atom. The van der Waals surface area contributed by atoms with Crippen LogP contribution in [0.5, 0.6) is 11.5 Å². The molecule has 0 saturated carbocycles. The van der Waals surface area contributed by atoms with Gasteiger partial charge in [0.2, 0.25) is 12.6 Å². The van der Waals surface area contributed by atoms with Crippen LogP contribution < -0.4 is 14.8 Å². The molecule has 7 nitrogen and oxygen atoms in total. The molecular formula is C21H21NO6. The summed E-state index contributed by atoms with van der Waals surface area (Å²) in [6.45, 7) is 3.30. The van der Waals surface area contributed by atoms with E-state index in [1.807, 2.05) is 19.1 Å². The Hall–Kier alpha value is -3.35. The van der Waals surface area contributed by atoms with E-state index < -0.39 is 18.0 Å². The first-order chi connectivity index (χ1) is 13.5. The standard InChI is InChI=1S/C21H21NO6/c1-3-14-4-6-15(7-5-14)20(24)13(2)28-19(23)11-22-21(25)16-8-9-17-18(10-16)27-12-26-17/h4-10,13H,3,11-12H2,1-2H3,(H,22,25)/t13-/m1/s1. The van der Waals surface area contributed by atoms with Gasteiger partial charge in [-0.15, -0.1) is 0 Å². The minimum Gasteiger partial charge on any atom is -0.454 e. The fourth-order valence-corrected chi connectivity index (χ4v) is 2.72. The van der Waals surface area contributed by atoms with Crippen LogP contribution in [0.4, 0.5) is 0 Å². The number of hydrogen-bond donors (Lipinski definition) is 1. The lowest BCUT2D eigenvalue weighted by Crippen LogP contribution is -2.34. The van der Waals surface area contributed by atoms with Crippen LogP contribution in [0.1, 0.15) is 40.1 Å². The maximum absolute atomic E-state index is 12.4. The van der Waals surface area contributed by atoms with E-state index in [0.717, 1.165) is 12.0 Å². The van der Waals surface area contributed by atoms with Crippen LogP contribution in [0, 0.1) is 0 Å². The first-order valence-electron chi connectivity index (χ1n) is 8.98. The topological polar surface area (TPSA) is 90.9 Å². The van der Waals surface area contributed by atoms with Crippen molar-refractivity contribution in [3.8, 4) is 11.5 Å². The van der Waals surface area contributed by atoms with Crippen molar-refractivity contribution in [2.45, 2.75) is 26.4 Å². The number of benzene rings is 2. The average Bonchev–Trinajstić information content (AvgIpc) is 3.19. The lowest BCUT2D eigenvalue weighted by molar-refractivity contribution is -0.145. The number of hydrogen-bond acceptors (Lipinski definition) is 6. The zero-order valence-corrected chi connectivity index (χ0v) is 15.7. The molecule has 1 amide bonds. The summed E-state index contributed by atoms with van der Waals surface area (Å²) in [4.78, 5) is 36.5. The van der Waals surface area contributed by atoms with Crippen molar-refractivity contribution in [1.82, 2.24) is 5.32 Å². The van der Waals surface area contributed by atoms with Gasteiger partial charge in [-0.2, -0.15) is 0 Å². The molecule has 1 aliphatic rings. The van der Waals surface area contributed by atoms with E-state index in [1.165, 1.54) is 13.0 Å². The molecule has 1 atom stereocenters. The van der Waals surface area contributed by atoms with Gasteiger partial charge in [0.15, 0.2) is 17.6 Å². The number of carbonyl (C=O) groups is 3. The summed E-state index contributed by atoms with van der Waals surface area (Å²) in [6.07, 6.45) is -0.0651. The molecule has 0 aromatic heterocycles. The summed E-state index contributed by atoms with van der Waals surface area (Å²) in [7, 11) is 0. The van der Waals surface area contributed by atoms with Crippen molar-refractivity contribution in [1.29, 1.82) is 0 Å². The van der Waals surface area contributed by atoms with Crippen molar-refractivity contribution in [3.05, 3.63) is 59.2 Å². The molecule has 0 aliphatic carbocycles.